The number of carbonyl (C=O) groups excluding carboxylic acids is 2. The van der Waals surface area contributed by atoms with E-state index in [0.717, 1.165) is 11.1 Å². The van der Waals surface area contributed by atoms with Crippen molar-refractivity contribution in [1.29, 1.82) is 0 Å². The van der Waals surface area contributed by atoms with Gasteiger partial charge < -0.3 is 15.2 Å². The monoisotopic (exact) mass is 397 g/mol. The zero-order valence-corrected chi connectivity index (χ0v) is 16.8. The van der Waals surface area contributed by atoms with Gasteiger partial charge in [-0.2, -0.15) is 0 Å². The number of rotatable bonds is 6. The number of Topliss-reactive ketones (excluding diaryl/α,β-unsaturated/α-hetero) is 1. The first-order chi connectivity index (χ1) is 13.4. The Hall–Kier alpha value is -2.46. The smallest absolute Gasteiger partial charge is 0.221 e. The zero-order chi connectivity index (χ0) is 20.3. The van der Waals surface area contributed by atoms with E-state index in [0.29, 0.717) is 41.3 Å². The summed E-state index contributed by atoms with van der Waals surface area (Å²) >= 11 is 1.19. The van der Waals surface area contributed by atoms with Gasteiger partial charge in [0, 0.05) is 25.5 Å². The number of fused-ring (bicyclic) bond motifs is 1. The molecule has 28 heavy (non-hydrogen) atoms. The standard InChI is InChI=1S/C22H23NO4S/c1-4-12-22(15-9-7-6-8-10-15)13-11-16-17(21(26)27-5-2)20(23-14(3)24)28-18(16)19(22)25/h1,6-10,21,26H,5,11-13H2,2-3H3,(H,23,24). The fourth-order valence-corrected chi connectivity index (χ4v) is 5.17. The van der Waals surface area contributed by atoms with Crippen LogP contribution in [-0.4, -0.2) is 23.4 Å². The van der Waals surface area contributed by atoms with Crippen molar-refractivity contribution in [3.05, 3.63) is 51.9 Å². The lowest BCUT2D eigenvalue weighted by Crippen LogP contribution is -2.39. The topological polar surface area (TPSA) is 75.6 Å². The molecule has 2 atom stereocenters. The average Bonchev–Trinajstić information content (AvgIpc) is 3.03. The molecule has 0 saturated heterocycles. The van der Waals surface area contributed by atoms with Gasteiger partial charge in [0.2, 0.25) is 5.91 Å². The summed E-state index contributed by atoms with van der Waals surface area (Å²) in [5.41, 5.74) is 1.32. The first-order valence-electron chi connectivity index (χ1n) is 9.21. The van der Waals surface area contributed by atoms with Gasteiger partial charge in [0.1, 0.15) is 5.00 Å². The number of anilines is 1. The quantitative estimate of drug-likeness (QED) is 0.574. The third-order valence-electron chi connectivity index (χ3n) is 5.08. The molecule has 6 heteroatoms. The molecule has 146 valence electrons. The second kappa shape index (κ2) is 8.27. The van der Waals surface area contributed by atoms with Gasteiger partial charge in [0.15, 0.2) is 12.1 Å². The van der Waals surface area contributed by atoms with Crippen LogP contribution < -0.4 is 5.32 Å². The SMILES string of the molecule is C#CCC1(c2ccccc2)CCc2c(sc(NC(C)=O)c2C(O)OCC)C1=O. The van der Waals surface area contributed by atoms with Crippen LogP contribution in [0.5, 0.6) is 0 Å². The van der Waals surface area contributed by atoms with Crippen molar-refractivity contribution in [2.75, 3.05) is 11.9 Å². The minimum absolute atomic E-state index is 0.0653. The Kier molecular flexibility index (Phi) is 5.99. The maximum Gasteiger partial charge on any atom is 0.221 e. The van der Waals surface area contributed by atoms with Crippen LogP contribution in [0.15, 0.2) is 30.3 Å². The van der Waals surface area contributed by atoms with Gasteiger partial charge in [-0.25, -0.2) is 0 Å². The van der Waals surface area contributed by atoms with Gasteiger partial charge in [0.25, 0.3) is 0 Å². The molecule has 1 heterocycles. The summed E-state index contributed by atoms with van der Waals surface area (Å²) in [5, 5.41) is 13.7. The third kappa shape index (κ3) is 3.49. The van der Waals surface area contributed by atoms with E-state index in [1.807, 2.05) is 30.3 Å². The van der Waals surface area contributed by atoms with Crippen LogP contribution in [0.4, 0.5) is 5.00 Å². The molecule has 0 bridgehead atoms. The Bertz CT molecular complexity index is 928. The van der Waals surface area contributed by atoms with Gasteiger partial charge in [-0.15, -0.1) is 23.7 Å². The molecule has 1 amide bonds. The molecular formula is C22H23NO4S. The number of terminal acetylenes is 1. The third-order valence-corrected chi connectivity index (χ3v) is 6.24. The van der Waals surface area contributed by atoms with E-state index in [2.05, 4.69) is 11.2 Å². The number of carbonyl (C=O) groups is 2. The molecule has 0 spiro atoms. The number of amides is 1. The minimum Gasteiger partial charge on any atom is -0.364 e. The number of aliphatic hydroxyl groups is 1. The van der Waals surface area contributed by atoms with Crippen molar-refractivity contribution < 1.29 is 19.4 Å². The van der Waals surface area contributed by atoms with Gasteiger partial charge in [-0.05, 0) is 30.9 Å². The van der Waals surface area contributed by atoms with E-state index in [9.17, 15) is 14.7 Å². The van der Waals surface area contributed by atoms with Crippen molar-refractivity contribution in [2.45, 2.75) is 44.8 Å². The summed E-state index contributed by atoms with van der Waals surface area (Å²) < 4.78 is 5.36. The molecule has 1 aromatic carbocycles. The Balaban J connectivity index is 2.14. The van der Waals surface area contributed by atoms with Crippen molar-refractivity contribution in [1.82, 2.24) is 0 Å². The van der Waals surface area contributed by atoms with Crippen LogP contribution in [0.3, 0.4) is 0 Å². The van der Waals surface area contributed by atoms with E-state index in [1.54, 1.807) is 6.92 Å². The number of hydrogen-bond acceptors (Lipinski definition) is 5. The van der Waals surface area contributed by atoms with E-state index < -0.39 is 11.7 Å². The summed E-state index contributed by atoms with van der Waals surface area (Å²) in [7, 11) is 0. The van der Waals surface area contributed by atoms with Crippen LogP contribution in [0, 0.1) is 12.3 Å². The number of ether oxygens (including phenoxy) is 1. The lowest BCUT2D eigenvalue weighted by atomic mass is 9.66. The van der Waals surface area contributed by atoms with Crippen LogP contribution in [0.25, 0.3) is 0 Å². The molecule has 0 saturated carbocycles. The average molecular weight is 397 g/mol. The Morgan fingerprint density at radius 3 is 2.75 bits per heavy atom. The summed E-state index contributed by atoms with van der Waals surface area (Å²) in [4.78, 5) is 25.8. The highest BCUT2D eigenvalue weighted by molar-refractivity contribution is 7.18. The van der Waals surface area contributed by atoms with E-state index in [4.69, 9.17) is 11.2 Å². The molecule has 2 N–H and O–H groups in total. The number of aliphatic hydroxyl groups excluding tert-OH is 1. The number of nitrogens with one attached hydrogen (secondary N) is 1. The Morgan fingerprint density at radius 1 is 1.43 bits per heavy atom. The fraction of sp³-hybridized carbons (Fsp3) is 0.364. The predicted octanol–water partition coefficient (Wildman–Crippen LogP) is 3.82. The lowest BCUT2D eigenvalue weighted by Gasteiger charge is -2.35. The number of hydrogen-bond donors (Lipinski definition) is 2. The summed E-state index contributed by atoms with van der Waals surface area (Å²) in [6.07, 6.45) is 5.84. The van der Waals surface area contributed by atoms with Crippen molar-refractivity contribution in [2.24, 2.45) is 0 Å². The van der Waals surface area contributed by atoms with Crippen LogP contribution >= 0.6 is 11.3 Å². The molecule has 0 aliphatic heterocycles. The second-order valence-electron chi connectivity index (χ2n) is 6.80. The van der Waals surface area contributed by atoms with Crippen LogP contribution in [0.1, 0.15) is 59.3 Å². The molecule has 1 aliphatic rings. The Labute approximate surface area is 168 Å². The number of thiophene rings is 1. The zero-order valence-electron chi connectivity index (χ0n) is 16.0. The molecule has 1 aliphatic carbocycles. The Morgan fingerprint density at radius 2 is 2.14 bits per heavy atom. The largest absolute Gasteiger partial charge is 0.364 e. The highest BCUT2D eigenvalue weighted by Crippen LogP contribution is 2.48. The molecule has 1 aromatic heterocycles. The maximum absolute atomic E-state index is 13.6. The molecule has 0 fully saturated rings. The lowest BCUT2D eigenvalue weighted by molar-refractivity contribution is -0.114. The van der Waals surface area contributed by atoms with Crippen molar-refractivity contribution in [3.8, 4) is 12.3 Å². The highest BCUT2D eigenvalue weighted by Gasteiger charge is 2.46. The minimum atomic E-state index is -1.20. The summed E-state index contributed by atoms with van der Waals surface area (Å²) in [6, 6.07) is 9.56. The summed E-state index contributed by atoms with van der Waals surface area (Å²) in [5.74, 6) is 2.34. The molecule has 5 nitrogen and oxygen atoms in total. The van der Waals surface area contributed by atoms with Crippen molar-refractivity contribution in [3.63, 3.8) is 0 Å². The van der Waals surface area contributed by atoms with Gasteiger partial charge >= 0.3 is 0 Å². The van der Waals surface area contributed by atoms with Gasteiger partial charge in [0.05, 0.1) is 10.3 Å². The molecule has 2 aromatic rings. The fourth-order valence-electron chi connectivity index (χ4n) is 3.81. The van der Waals surface area contributed by atoms with Crippen molar-refractivity contribution >= 4 is 28.0 Å². The maximum atomic E-state index is 13.6. The normalized spacial score (nSPS) is 19.6. The molecule has 0 radical (unpaired) electrons. The van der Waals surface area contributed by atoms with E-state index in [1.165, 1.54) is 18.3 Å². The first kappa shape index (κ1) is 20.3. The van der Waals surface area contributed by atoms with Crippen LogP contribution in [-0.2, 0) is 21.4 Å². The van der Waals surface area contributed by atoms with E-state index >= 15 is 0 Å². The first-order valence-corrected chi connectivity index (χ1v) is 10.0. The molecule has 2 unspecified atom stereocenters. The number of benzene rings is 1. The number of ketones is 1. The summed E-state index contributed by atoms with van der Waals surface area (Å²) in [6.45, 7) is 3.48. The van der Waals surface area contributed by atoms with Gasteiger partial charge in [-0.1, -0.05) is 30.3 Å². The van der Waals surface area contributed by atoms with Gasteiger partial charge in [-0.3, -0.25) is 9.59 Å². The molecular weight excluding hydrogens is 374 g/mol. The molecule has 3 rings (SSSR count). The van der Waals surface area contributed by atoms with E-state index in [-0.39, 0.29) is 11.7 Å². The van der Waals surface area contributed by atoms with Crippen LogP contribution in [0.2, 0.25) is 0 Å². The highest BCUT2D eigenvalue weighted by atomic mass is 32.1. The second-order valence-corrected chi connectivity index (χ2v) is 7.82. The predicted molar refractivity (Wildman–Crippen MR) is 109 cm³/mol.